The molecule has 14 heteroatoms. The van der Waals surface area contributed by atoms with Crippen LogP contribution in [0.5, 0.6) is 0 Å². The number of aromatic nitrogens is 1. The normalized spacial score (nSPS) is 23.2. The van der Waals surface area contributed by atoms with Crippen LogP contribution in [0.1, 0.15) is 11.3 Å². The van der Waals surface area contributed by atoms with E-state index in [0.717, 1.165) is 40.6 Å². The third kappa shape index (κ3) is 5.71. The first-order valence-electron chi connectivity index (χ1n) is 11.8. The molecule has 1 aromatic carbocycles. The van der Waals surface area contributed by atoms with Gasteiger partial charge in [0.25, 0.3) is 5.91 Å². The molecule has 3 heterocycles. The lowest BCUT2D eigenvalue weighted by Gasteiger charge is -2.34. The number of alkyl halides is 3. The van der Waals surface area contributed by atoms with Gasteiger partial charge >= 0.3 is 6.18 Å². The van der Waals surface area contributed by atoms with E-state index in [9.17, 15) is 31.9 Å². The Morgan fingerprint density at radius 1 is 1.26 bits per heavy atom. The van der Waals surface area contributed by atoms with Crippen LogP contribution in [-0.2, 0) is 15.7 Å². The number of aliphatic hydroxyl groups is 1. The second-order valence-corrected chi connectivity index (χ2v) is 9.80. The lowest BCUT2D eigenvalue weighted by Crippen LogP contribution is -2.50. The van der Waals surface area contributed by atoms with Gasteiger partial charge in [0.15, 0.2) is 12.2 Å². The van der Waals surface area contributed by atoms with Crippen molar-refractivity contribution in [2.75, 3.05) is 56.7 Å². The van der Waals surface area contributed by atoms with Gasteiger partial charge in [0.2, 0.25) is 0 Å². The Bertz CT molecular complexity index is 1200. The standard InChI is InChI=1S/C24H27ClF5N5O3/c1-13-8-14(24(28,29)30)9-19(31-13)35-18(12-34(23(35)37)11-15-10-32(2)6-7-38-15)22(36)33(3)17-5-4-16(26)20(25)21(17)27/h4-5,8-9,15,18,23,37H,6-7,10-12H2,1-3H3/t15?,18-,23?/m0/s1. The van der Waals surface area contributed by atoms with E-state index in [-0.39, 0.29) is 36.4 Å². The Morgan fingerprint density at radius 2 is 1.97 bits per heavy atom. The number of morpholine rings is 1. The van der Waals surface area contributed by atoms with Crippen molar-refractivity contribution in [1.29, 1.82) is 0 Å². The number of hydrogen-bond donors (Lipinski definition) is 1. The van der Waals surface area contributed by atoms with Gasteiger partial charge in [0, 0.05) is 38.9 Å². The van der Waals surface area contributed by atoms with Crippen LogP contribution in [0, 0.1) is 18.6 Å². The van der Waals surface area contributed by atoms with Crippen molar-refractivity contribution in [3.05, 3.63) is 52.2 Å². The van der Waals surface area contributed by atoms with E-state index in [2.05, 4.69) is 4.98 Å². The molecule has 2 aromatic rings. The molecule has 1 aromatic heterocycles. The minimum Gasteiger partial charge on any atom is -0.374 e. The Labute approximate surface area is 221 Å². The molecule has 3 atom stereocenters. The van der Waals surface area contributed by atoms with Gasteiger partial charge < -0.3 is 24.5 Å². The van der Waals surface area contributed by atoms with Crippen molar-refractivity contribution in [2.24, 2.45) is 0 Å². The minimum atomic E-state index is -4.70. The number of pyridine rings is 1. The molecular formula is C24H27ClF5N5O3. The fourth-order valence-corrected chi connectivity index (χ4v) is 4.85. The number of carbonyl (C=O) groups excluding carboxylic acids is 1. The van der Waals surface area contributed by atoms with Gasteiger partial charge in [-0.05, 0) is 38.2 Å². The fourth-order valence-electron chi connectivity index (χ4n) is 4.69. The Kier molecular flexibility index (Phi) is 8.15. The van der Waals surface area contributed by atoms with Gasteiger partial charge in [-0.3, -0.25) is 9.69 Å². The third-order valence-corrected chi connectivity index (χ3v) is 6.97. The lowest BCUT2D eigenvalue weighted by molar-refractivity contribution is -0.137. The number of likely N-dealkylation sites (N-methyl/N-ethyl adjacent to an activating group) is 2. The zero-order valence-electron chi connectivity index (χ0n) is 20.8. The Hall–Kier alpha value is -2.58. The van der Waals surface area contributed by atoms with E-state index in [0.29, 0.717) is 13.2 Å². The van der Waals surface area contributed by atoms with E-state index in [1.54, 1.807) is 0 Å². The molecule has 4 rings (SSSR count). The van der Waals surface area contributed by atoms with Gasteiger partial charge in [0.05, 0.1) is 24.0 Å². The molecule has 8 nitrogen and oxygen atoms in total. The van der Waals surface area contributed by atoms with Gasteiger partial charge in [-0.15, -0.1) is 0 Å². The first-order chi connectivity index (χ1) is 17.8. The highest BCUT2D eigenvalue weighted by Crippen LogP contribution is 2.35. The first-order valence-corrected chi connectivity index (χ1v) is 12.1. The number of aryl methyl sites for hydroxylation is 1. The number of aliphatic hydroxyl groups excluding tert-OH is 1. The van der Waals surface area contributed by atoms with Crippen LogP contribution in [0.4, 0.5) is 33.5 Å². The number of amides is 1. The maximum Gasteiger partial charge on any atom is 0.416 e. The molecule has 0 radical (unpaired) electrons. The minimum absolute atomic E-state index is 0.0219. The predicted octanol–water partition coefficient (Wildman–Crippen LogP) is 3.10. The second-order valence-electron chi connectivity index (χ2n) is 9.42. The Morgan fingerprint density at radius 3 is 2.63 bits per heavy atom. The summed E-state index contributed by atoms with van der Waals surface area (Å²) in [6.07, 6.45) is -6.57. The largest absolute Gasteiger partial charge is 0.416 e. The molecule has 38 heavy (non-hydrogen) atoms. The summed E-state index contributed by atoms with van der Waals surface area (Å²) < 4.78 is 74.9. The smallest absolute Gasteiger partial charge is 0.374 e. The number of nitrogens with zero attached hydrogens (tertiary/aromatic N) is 5. The van der Waals surface area contributed by atoms with Gasteiger partial charge in [-0.2, -0.15) is 13.2 Å². The highest BCUT2D eigenvalue weighted by molar-refractivity contribution is 6.31. The molecule has 2 unspecified atom stereocenters. The number of hydrogen-bond acceptors (Lipinski definition) is 7. The van der Waals surface area contributed by atoms with Crippen molar-refractivity contribution in [2.45, 2.75) is 31.6 Å². The average molecular weight is 564 g/mol. The van der Waals surface area contributed by atoms with Crippen molar-refractivity contribution < 1.29 is 36.6 Å². The second kappa shape index (κ2) is 10.9. The van der Waals surface area contributed by atoms with E-state index >= 15 is 0 Å². The molecule has 1 amide bonds. The quantitative estimate of drug-likeness (QED) is 0.443. The van der Waals surface area contributed by atoms with E-state index in [1.165, 1.54) is 18.9 Å². The van der Waals surface area contributed by atoms with Crippen LogP contribution in [0.2, 0.25) is 5.02 Å². The van der Waals surface area contributed by atoms with Crippen molar-refractivity contribution in [3.63, 3.8) is 0 Å². The maximum absolute atomic E-state index is 14.7. The molecular weight excluding hydrogens is 537 g/mol. The molecule has 2 saturated heterocycles. The van der Waals surface area contributed by atoms with Crippen LogP contribution in [-0.4, -0.2) is 91.2 Å². The summed E-state index contributed by atoms with van der Waals surface area (Å²) in [6, 6.07) is 2.26. The molecule has 0 aliphatic carbocycles. The third-order valence-electron chi connectivity index (χ3n) is 6.62. The van der Waals surface area contributed by atoms with E-state index in [1.807, 2.05) is 11.9 Å². The first kappa shape index (κ1) is 28.4. The van der Waals surface area contributed by atoms with Crippen LogP contribution in [0.15, 0.2) is 24.3 Å². The molecule has 0 spiro atoms. The monoisotopic (exact) mass is 563 g/mol. The Balaban J connectivity index is 1.71. The van der Waals surface area contributed by atoms with Crippen LogP contribution in [0.3, 0.4) is 0 Å². The summed E-state index contributed by atoms with van der Waals surface area (Å²) in [5.74, 6) is -3.24. The average Bonchev–Trinajstić information content (AvgIpc) is 3.16. The predicted molar refractivity (Wildman–Crippen MR) is 130 cm³/mol. The molecule has 0 bridgehead atoms. The molecule has 208 valence electrons. The molecule has 2 aliphatic heterocycles. The SMILES string of the molecule is Cc1cc(C(F)(F)F)cc(N2C(O)N(CC3CN(C)CCO3)C[C@H]2C(=O)N(C)c2ccc(F)c(Cl)c2F)n1. The summed E-state index contributed by atoms with van der Waals surface area (Å²) in [7, 11) is 3.13. The maximum atomic E-state index is 14.7. The number of benzene rings is 1. The van der Waals surface area contributed by atoms with Crippen molar-refractivity contribution in [1.82, 2.24) is 14.8 Å². The number of ether oxygens (including phenoxy) is 1. The fraction of sp³-hybridized carbons (Fsp3) is 0.500. The number of halogens is 6. The van der Waals surface area contributed by atoms with Crippen LogP contribution >= 0.6 is 11.6 Å². The summed E-state index contributed by atoms with van der Waals surface area (Å²) in [5.41, 5.74) is -1.31. The van der Waals surface area contributed by atoms with E-state index < -0.39 is 46.7 Å². The molecule has 2 fully saturated rings. The lowest BCUT2D eigenvalue weighted by atomic mass is 10.1. The zero-order chi connectivity index (χ0) is 27.9. The topological polar surface area (TPSA) is 72.4 Å². The summed E-state index contributed by atoms with van der Waals surface area (Å²) in [6.45, 7) is 3.13. The number of anilines is 2. The van der Waals surface area contributed by atoms with Crippen LogP contribution in [0.25, 0.3) is 0 Å². The van der Waals surface area contributed by atoms with Crippen molar-refractivity contribution >= 4 is 29.0 Å². The zero-order valence-corrected chi connectivity index (χ0v) is 21.6. The van der Waals surface area contributed by atoms with E-state index in [4.69, 9.17) is 16.3 Å². The van der Waals surface area contributed by atoms with Gasteiger partial charge in [-0.1, -0.05) is 11.6 Å². The number of rotatable bonds is 5. The summed E-state index contributed by atoms with van der Waals surface area (Å²) in [4.78, 5) is 23.3. The van der Waals surface area contributed by atoms with Gasteiger partial charge in [-0.25, -0.2) is 13.8 Å². The molecule has 2 aliphatic rings. The van der Waals surface area contributed by atoms with Crippen LogP contribution < -0.4 is 9.80 Å². The summed E-state index contributed by atoms with van der Waals surface area (Å²) in [5, 5.41) is 10.4. The molecule has 0 saturated carbocycles. The van der Waals surface area contributed by atoms with Gasteiger partial charge in [0.1, 0.15) is 22.7 Å². The number of carbonyl (C=O) groups is 1. The highest BCUT2D eigenvalue weighted by atomic mass is 35.5. The van der Waals surface area contributed by atoms with Crippen molar-refractivity contribution in [3.8, 4) is 0 Å². The highest BCUT2D eigenvalue weighted by Gasteiger charge is 2.46. The molecule has 1 N–H and O–H groups in total. The summed E-state index contributed by atoms with van der Waals surface area (Å²) >= 11 is 5.68.